The molecule has 0 aliphatic carbocycles. The average molecular weight is 380 g/mol. The summed E-state index contributed by atoms with van der Waals surface area (Å²) in [6, 6.07) is 6.20. The molecule has 5 heteroatoms. The molecule has 1 saturated heterocycles. The van der Waals surface area contributed by atoms with Crippen molar-refractivity contribution in [1.29, 1.82) is 0 Å². The van der Waals surface area contributed by atoms with Crippen molar-refractivity contribution >= 4 is 15.7 Å². The van der Waals surface area contributed by atoms with Crippen LogP contribution in [0.5, 0.6) is 0 Å². The number of rotatable bonds is 2. The van der Waals surface area contributed by atoms with E-state index < -0.39 is 9.84 Å². The second-order valence-electron chi connectivity index (χ2n) is 9.62. The number of carbonyl (C=O) groups excluding carboxylic acids is 1. The number of sulfone groups is 1. The van der Waals surface area contributed by atoms with Crippen molar-refractivity contribution in [2.45, 2.75) is 70.5 Å². The second-order valence-corrected chi connectivity index (χ2v) is 11.9. The molecule has 0 saturated carbocycles. The Balaban J connectivity index is 2.32. The van der Waals surface area contributed by atoms with Crippen LogP contribution < -0.4 is 0 Å². The standard InChI is InChI=1S/C21H33NO3S/c1-20(2,3)16-12-15(13-17(14-16)21(4,5)6)19(23)22-10-8-18(9-11-22)26(7,24)25/h12-14,18H,8-11H2,1-7H3. The van der Waals surface area contributed by atoms with E-state index >= 15 is 0 Å². The van der Waals surface area contributed by atoms with Crippen LogP contribution in [-0.2, 0) is 20.7 Å². The maximum Gasteiger partial charge on any atom is 0.253 e. The van der Waals surface area contributed by atoms with E-state index in [1.807, 2.05) is 12.1 Å². The van der Waals surface area contributed by atoms with Gasteiger partial charge in [0, 0.05) is 24.9 Å². The van der Waals surface area contributed by atoms with Crippen LogP contribution in [0, 0.1) is 0 Å². The number of carbonyl (C=O) groups is 1. The van der Waals surface area contributed by atoms with E-state index in [1.165, 1.54) is 6.26 Å². The molecular formula is C21H33NO3S. The van der Waals surface area contributed by atoms with Crippen LogP contribution in [0.4, 0.5) is 0 Å². The predicted octanol–water partition coefficient (Wildman–Crippen LogP) is 3.93. The highest BCUT2D eigenvalue weighted by Crippen LogP contribution is 2.31. The Bertz CT molecular complexity index is 742. The molecule has 0 bridgehead atoms. The van der Waals surface area contributed by atoms with Gasteiger partial charge >= 0.3 is 0 Å². The summed E-state index contributed by atoms with van der Waals surface area (Å²) in [5, 5.41) is -0.322. The highest BCUT2D eigenvalue weighted by molar-refractivity contribution is 7.91. The first kappa shape index (κ1) is 20.9. The molecule has 0 radical (unpaired) electrons. The van der Waals surface area contributed by atoms with Crippen LogP contribution >= 0.6 is 0 Å². The van der Waals surface area contributed by atoms with Crippen molar-refractivity contribution in [3.63, 3.8) is 0 Å². The molecule has 1 aromatic rings. The van der Waals surface area contributed by atoms with Gasteiger partial charge in [0.1, 0.15) is 9.84 Å². The Morgan fingerprint density at radius 1 is 0.923 bits per heavy atom. The van der Waals surface area contributed by atoms with Crippen molar-refractivity contribution in [2.75, 3.05) is 19.3 Å². The lowest BCUT2D eigenvalue weighted by atomic mass is 9.79. The maximum atomic E-state index is 13.1. The van der Waals surface area contributed by atoms with Crippen molar-refractivity contribution < 1.29 is 13.2 Å². The molecule has 0 unspecified atom stereocenters. The van der Waals surface area contributed by atoms with Crippen LogP contribution in [0.3, 0.4) is 0 Å². The van der Waals surface area contributed by atoms with Gasteiger partial charge in [-0.2, -0.15) is 0 Å². The predicted molar refractivity (Wildman–Crippen MR) is 108 cm³/mol. The summed E-state index contributed by atoms with van der Waals surface area (Å²) in [5.74, 6) is 0.00792. The Hall–Kier alpha value is -1.36. The number of hydrogen-bond donors (Lipinski definition) is 0. The zero-order valence-corrected chi connectivity index (χ0v) is 18.0. The van der Waals surface area contributed by atoms with Crippen LogP contribution in [-0.4, -0.2) is 43.8 Å². The SMILES string of the molecule is CC(C)(C)c1cc(C(=O)N2CCC(S(C)(=O)=O)CC2)cc(C(C)(C)C)c1. The summed E-state index contributed by atoms with van der Waals surface area (Å²) >= 11 is 0. The molecule has 146 valence electrons. The highest BCUT2D eigenvalue weighted by Gasteiger charge is 2.30. The van der Waals surface area contributed by atoms with Crippen molar-refractivity contribution in [3.8, 4) is 0 Å². The third-order valence-corrected chi connectivity index (χ3v) is 6.93. The average Bonchev–Trinajstić information content (AvgIpc) is 2.51. The summed E-state index contributed by atoms with van der Waals surface area (Å²) in [7, 11) is -3.03. The Morgan fingerprint density at radius 2 is 1.35 bits per heavy atom. The summed E-state index contributed by atoms with van der Waals surface area (Å²) in [6.45, 7) is 13.9. The van der Waals surface area contributed by atoms with Crippen molar-refractivity contribution in [1.82, 2.24) is 4.90 Å². The minimum atomic E-state index is -3.03. The van der Waals surface area contributed by atoms with Crippen LogP contribution in [0.1, 0.15) is 75.9 Å². The molecule has 1 amide bonds. The summed E-state index contributed by atoms with van der Waals surface area (Å²) in [5.41, 5.74) is 2.93. The molecule has 0 N–H and O–H groups in total. The van der Waals surface area contributed by atoms with Gasteiger partial charge in [0.2, 0.25) is 0 Å². The first-order valence-corrected chi connectivity index (χ1v) is 11.3. The van der Waals surface area contributed by atoms with Gasteiger partial charge in [0.05, 0.1) is 5.25 Å². The van der Waals surface area contributed by atoms with E-state index in [0.29, 0.717) is 31.5 Å². The summed E-state index contributed by atoms with van der Waals surface area (Å²) < 4.78 is 23.5. The lowest BCUT2D eigenvalue weighted by molar-refractivity contribution is 0.0725. The Kier molecular flexibility index (Phi) is 5.63. The number of amides is 1. The minimum absolute atomic E-state index is 0.00792. The molecule has 1 aliphatic rings. The minimum Gasteiger partial charge on any atom is -0.339 e. The molecule has 1 aromatic carbocycles. The van der Waals surface area contributed by atoms with E-state index in [-0.39, 0.29) is 22.0 Å². The normalized spacial score (nSPS) is 17.4. The Morgan fingerprint density at radius 3 is 1.69 bits per heavy atom. The Labute approximate surface area is 158 Å². The molecular weight excluding hydrogens is 346 g/mol. The molecule has 0 atom stereocenters. The quantitative estimate of drug-likeness (QED) is 0.782. The lowest BCUT2D eigenvalue weighted by Gasteiger charge is -2.32. The first-order chi connectivity index (χ1) is 11.7. The molecule has 1 aliphatic heterocycles. The van der Waals surface area contributed by atoms with E-state index in [9.17, 15) is 13.2 Å². The fourth-order valence-corrected chi connectivity index (χ4v) is 4.35. The third-order valence-electron chi connectivity index (χ3n) is 5.25. The van der Waals surface area contributed by atoms with E-state index in [1.54, 1.807) is 4.90 Å². The molecule has 4 nitrogen and oxygen atoms in total. The first-order valence-electron chi connectivity index (χ1n) is 9.34. The van der Waals surface area contributed by atoms with Gasteiger partial charge in [0.15, 0.2) is 0 Å². The van der Waals surface area contributed by atoms with Gasteiger partial charge in [-0.1, -0.05) is 47.6 Å². The van der Waals surface area contributed by atoms with E-state index in [4.69, 9.17) is 0 Å². The third kappa shape index (κ3) is 4.87. The summed E-state index contributed by atoms with van der Waals surface area (Å²) in [4.78, 5) is 14.9. The van der Waals surface area contributed by atoms with Gasteiger partial charge in [-0.15, -0.1) is 0 Å². The van der Waals surface area contributed by atoms with Gasteiger partial charge in [-0.3, -0.25) is 4.79 Å². The molecule has 1 fully saturated rings. The zero-order chi connectivity index (χ0) is 19.9. The maximum absolute atomic E-state index is 13.1. The van der Waals surface area contributed by atoms with Gasteiger partial charge in [0.25, 0.3) is 5.91 Å². The number of benzene rings is 1. The molecule has 0 aromatic heterocycles. The van der Waals surface area contributed by atoms with Crippen LogP contribution in [0.2, 0.25) is 0 Å². The highest BCUT2D eigenvalue weighted by atomic mass is 32.2. The zero-order valence-electron chi connectivity index (χ0n) is 17.2. The van der Waals surface area contributed by atoms with Crippen molar-refractivity contribution in [3.05, 3.63) is 34.9 Å². The van der Waals surface area contributed by atoms with Gasteiger partial charge < -0.3 is 4.90 Å². The number of nitrogens with zero attached hydrogens (tertiary/aromatic N) is 1. The van der Waals surface area contributed by atoms with Gasteiger partial charge in [-0.25, -0.2) is 8.42 Å². The number of hydrogen-bond acceptors (Lipinski definition) is 3. The smallest absolute Gasteiger partial charge is 0.253 e. The van der Waals surface area contributed by atoms with Crippen LogP contribution in [0.25, 0.3) is 0 Å². The number of likely N-dealkylation sites (tertiary alicyclic amines) is 1. The number of piperidine rings is 1. The molecule has 0 spiro atoms. The van der Waals surface area contributed by atoms with Gasteiger partial charge in [-0.05, 0) is 46.9 Å². The largest absolute Gasteiger partial charge is 0.339 e. The van der Waals surface area contributed by atoms with Crippen LogP contribution in [0.15, 0.2) is 18.2 Å². The molecule has 1 heterocycles. The topological polar surface area (TPSA) is 54.5 Å². The van der Waals surface area contributed by atoms with Crippen molar-refractivity contribution in [2.24, 2.45) is 0 Å². The fraction of sp³-hybridized carbons (Fsp3) is 0.667. The monoisotopic (exact) mass is 379 g/mol. The summed E-state index contributed by atoms with van der Waals surface area (Å²) in [6.07, 6.45) is 2.34. The van der Waals surface area contributed by atoms with E-state index in [2.05, 4.69) is 47.6 Å². The molecule has 26 heavy (non-hydrogen) atoms. The van der Waals surface area contributed by atoms with E-state index in [0.717, 1.165) is 11.1 Å². The molecule has 2 rings (SSSR count). The fourth-order valence-electron chi connectivity index (χ4n) is 3.29. The lowest BCUT2D eigenvalue weighted by Crippen LogP contribution is -2.42. The second kappa shape index (κ2) is 6.99.